The third kappa shape index (κ3) is 2.33. The van der Waals surface area contributed by atoms with Crippen molar-refractivity contribution in [3.05, 3.63) is 35.9 Å². The van der Waals surface area contributed by atoms with Crippen LogP contribution >= 0.6 is 0 Å². The van der Waals surface area contributed by atoms with Crippen LogP contribution in [0, 0.1) is 5.92 Å². The van der Waals surface area contributed by atoms with Gasteiger partial charge in [-0.05, 0) is 25.8 Å². The van der Waals surface area contributed by atoms with Crippen molar-refractivity contribution in [2.45, 2.75) is 26.3 Å². The zero-order valence-corrected chi connectivity index (χ0v) is 10.0. The largest absolute Gasteiger partial charge is 0.293 e. The van der Waals surface area contributed by atoms with Gasteiger partial charge in [-0.1, -0.05) is 37.3 Å². The van der Waals surface area contributed by atoms with Gasteiger partial charge in [0.25, 0.3) is 0 Å². The Kier molecular flexibility index (Phi) is 3.39. The van der Waals surface area contributed by atoms with Crippen molar-refractivity contribution in [1.29, 1.82) is 0 Å². The molecule has 0 bridgehead atoms. The maximum atomic E-state index is 12.2. The Bertz CT molecular complexity index is 360. The van der Waals surface area contributed by atoms with Crippen molar-refractivity contribution < 1.29 is 4.79 Å². The second-order valence-electron chi connectivity index (χ2n) is 4.80. The number of hydrogen-bond donors (Lipinski definition) is 0. The zero-order valence-electron chi connectivity index (χ0n) is 10.0. The summed E-state index contributed by atoms with van der Waals surface area (Å²) in [5.41, 5.74) is 0.828. The second-order valence-corrected chi connectivity index (χ2v) is 4.80. The summed E-state index contributed by atoms with van der Waals surface area (Å²) in [7, 11) is 0. The molecule has 1 heterocycles. The van der Waals surface area contributed by atoms with Crippen LogP contribution in [0.4, 0.5) is 0 Å². The Balaban J connectivity index is 2.05. The Morgan fingerprint density at radius 3 is 2.62 bits per heavy atom. The Hall–Kier alpha value is -1.15. The van der Waals surface area contributed by atoms with Crippen molar-refractivity contribution in [3.63, 3.8) is 0 Å². The number of nitrogens with zero attached hydrogens (tertiary/aromatic N) is 1. The Morgan fingerprint density at radius 1 is 1.38 bits per heavy atom. The molecular formula is C14H19NO. The molecule has 1 saturated heterocycles. The first kappa shape index (κ1) is 11.3. The van der Waals surface area contributed by atoms with E-state index in [4.69, 9.17) is 0 Å². The van der Waals surface area contributed by atoms with E-state index in [1.807, 2.05) is 37.3 Å². The van der Waals surface area contributed by atoms with Gasteiger partial charge in [0, 0.05) is 12.1 Å². The summed E-state index contributed by atoms with van der Waals surface area (Å²) in [5.74, 6) is 0.973. The molecule has 0 aliphatic carbocycles. The van der Waals surface area contributed by atoms with E-state index >= 15 is 0 Å². The van der Waals surface area contributed by atoms with Crippen LogP contribution in [0.25, 0.3) is 0 Å². The Morgan fingerprint density at radius 2 is 2.06 bits per heavy atom. The summed E-state index contributed by atoms with van der Waals surface area (Å²) >= 11 is 0. The number of hydrogen-bond acceptors (Lipinski definition) is 2. The summed E-state index contributed by atoms with van der Waals surface area (Å²) in [5, 5.41) is 0. The molecule has 1 aromatic rings. The highest BCUT2D eigenvalue weighted by molar-refractivity contribution is 5.99. The zero-order chi connectivity index (χ0) is 11.5. The normalized spacial score (nSPS) is 23.2. The average molecular weight is 217 g/mol. The van der Waals surface area contributed by atoms with Gasteiger partial charge in [-0.25, -0.2) is 0 Å². The lowest BCUT2D eigenvalue weighted by atomic mass is 10.0. The molecular weight excluding hydrogens is 198 g/mol. The van der Waals surface area contributed by atoms with Crippen molar-refractivity contribution in [2.75, 3.05) is 13.1 Å². The lowest BCUT2D eigenvalue weighted by molar-refractivity contribution is 0.0863. The van der Waals surface area contributed by atoms with Gasteiger partial charge < -0.3 is 0 Å². The molecule has 2 rings (SSSR count). The molecule has 2 atom stereocenters. The van der Waals surface area contributed by atoms with Gasteiger partial charge in [0.2, 0.25) is 0 Å². The van der Waals surface area contributed by atoms with Crippen molar-refractivity contribution in [1.82, 2.24) is 4.90 Å². The average Bonchev–Trinajstić information content (AvgIpc) is 2.75. The number of ketones is 1. The van der Waals surface area contributed by atoms with Crippen molar-refractivity contribution >= 4 is 5.78 Å². The highest BCUT2D eigenvalue weighted by Gasteiger charge is 2.27. The van der Waals surface area contributed by atoms with Crippen LogP contribution in [-0.2, 0) is 0 Å². The van der Waals surface area contributed by atoms with E-state index in [2.05, 4.69) is 11.8 Å². The van der Waals surface area contributed by atoms with Crippen LogP contribution in [0.1, 0.15) is 30.6 Å². The fourth-order valence-corrected chi connectivity index (χ4v) is 2.33. The van der Waals surface area contributed by atoms with Crippen molar-refractivity contribution in [3.8, 4) is 0 Å². The van der Waals surface area contributed by atoms with Gasteiger partial charge in [-0.3, -0.25) is 9.69 Å². The number of Topliss-reactive ketones (excluding diaryl/α,β-unsaturated/α-hetero) is 1. The molecule has 0 aromatic heterocycles. The van der Waals surface area contributed by atoms with Gasteiger partial charge in [0.1, 0.15) is 0 Å². The number of carbonyl (C=O) groups is 1. The second kappa shape index (κ2) is 4.79. The highest BCUT2D eigenvalue weighted by atomic mass is 16.1. The molecule has 1 aliphatic heterocycles. The molecule has 0 amide bonds. The molecule has 2 heteroatoms. The minimum Gasteiger partial charge on any atom is -0.293 e. The van der Waals surface area contributed by atoms with Crippen LogP contribution in [0.15, 0.2) is 30.3 Å². The van der Waals surface area contributed by atoms with E-state index in [1.165, 1.54) is 6.42 Å². The number of rotatable bonds is 3. The van der Waals surface area contributed by atoms with Gasteiger partial charge in [0.05, 0.1) is 6.04 Å². The molecule has 1 aromatic carbocycles. The van der Waals surface area contributed by atoms with E-state index in [1.54, 1.807) is 0 Å². The molecule has 0 radical (unpaired) electrons. The highest BCUT2D eigenvalue weighted by Crippen LogP contribution is 2.19. The minimum atomic E-state index is 0.0207. The molecule has 16 heavy (non-hydrogen) atoms. The first-order valence-corrected chi connectivity index (χ1v) is 6.02. The van der Waals surface area contributed by atoms with Gasteiger partial charge in [-0.15, -0.1) is 0 Å². The summed E-state index contributed by atoms with van der Waals surface area (Å²) in [6.07, 6.45) is 1.21. The molecule has 0 N–H and O–H groups in total. The fourth-order valence-electron chi connectivity index (χ4n) is 2.33. The molecule has 2 nitrogen and oxygen atoms in total. The molecule has 86 valence electrons. The number of carbonyl (C=O) groups excluding carboxylic acids is 1. The maximum Gasteiger partial charge on any atom is 0.179 e. The van der Waals surface area contributed by atoms with Crippen LogP contribution in [0.2, 0.25) is 0 Å². The van der Waals surface area contributed by atoms with E-state index < -0.39 is 0 Å². The van der Waals surface area contributed by atoms with Crippen molar-refractivity contribution in [2.24, 2.45) is 5.92 Å². The molecule has 1 aliphatic rings. The third-order valence-corrected chi connectivity index (χ3v) is 3.44. The van der Waals surface area contributed by atoms with Crippen LogP contribution in [0.3, 0.4) is 0 Å². The predicted octanol–water partition coefficient (Wildman–Crippen LogP) is 2.60. The first-order chi connectivity index (χ1) is 7.68. The quantitative estimate of drug-likeness (QED) is 0.725. The topological polar surface area (TPSA) is 20.3 Å². The van der Waals surface area contributed by atoms with E-state index in [9.17, 15) is 4.79 Å². The van der Waals surface area contributed by atoms with Gasteiger partial charge in [0.15, 0.2) is 5.78 Å². The van der Waals surface area contributed by atoms with E-state index in [0.717, 1.165) is 24.6 Å². The van der Waals surface area contributed by atoms with Gasteiger partial charge in [-0.2, -0.15) is 0 Å². The molecule has 2 unspecified atom stereocenters. The predicted molar refractivity (Wildman–Crippen MR) is 65.6 cm³/mol. The molecule has 0 saturated carbocycles. The smallest absolute Gasteiger partial charge is 0.179 e. The summed E-state index contributed by atoms with van der Waals surface area (Å²) in [6, 6.07) is 9.61. The standard InChI is InChI=1S/C14H19NO/c1-11-8-9-15(10-11)12(2)14(16)13-6-4-3-5-7-13/h3-7,11-12H,8-10H2,1-2H3. The fraction of sp³-hybridized carbons (Fsp3) is 0.500. The SMILES string of the molecule is CC1CCN(C(C)C(=O)c2ccccc2)C1. The first-order valence-electron chi connectivity index (χ1n) is 6.02. The van der Waals surface area contributed by atoms with E-state index in [0.29, 0.717) is 0 Å². The monoisotopic (exact) mass is 217 g/mol. The van der Waals surface area contributed by atoms with E-state index in [-0.39, 0.29) is 11.8 Å². The maximum absolute atomic E-state index is 12.2. The summed E-state index contributed by atoms with van der Waals surface area (Å²) in [4.78, 5) is 14.5. The Labute approximate surface area is 97.3 Å². The van der Waals surface area contributed by atoms with Gasteiger partial charge >= 0.3 is 0 Å². The molecule has 0 spiro atoms. The van der Waals surface area contributed by atoms with Crippen LogP contribution in [0.5, 0.6) is 0 Å². The molecule has 1 fully saturated rings. The number of benzene rings is 1. The lowest BCUT2D eigenvalue weighted by Crippen LogP contribution is -2.37. The minimum absolute atomic E-state index is 0.0207. The summed E-state index contributed by atoms with van der Waals surface area (Å²) < 4.78 is 0. The lowest BCUT2D eigenvalue weighted by Gasteiger charge is -2.22. The number of likely N-dealkylation sites (tertiary alicyclic amines) is 1. The summed E-state index contributed by atoms with van der Waals surface area (Å²) in [6.45, 7) is 6.38. The third-order valence-electron chi connectivity index (χ3n) is 3.44. The van der Waals surface area contributed by atoms with Crippen LogP contribution in [-0.4, -0.2) is 29.8 Å². The van der Waals surface area contributed by atoms with Crippen LogP contribution < -0.4 is 0 Å².